The van der Waals surface area contributed by atoms with Crippen LogP contribution in [0, 0.1) is 12.8 Å². The molecule has 1 amide bonds. The fourth-order valence-corrected chi connectivity index (χ4v) is 3.94. The van der Waals surface area contributed by atoms with Gasteiger partial charge in [0.15, 0.2) is 0 Å². The van der Waals surface area contributed by atoms with Crippen LogP contribution in [0.15, 0.2) is 52.3 Å². The average Bonchev–Trinajstić information content (AvgIpc) is 2.62. The van der Waals surface area contributed by atoms with Crippen LogP contribution in [0.2, 0.25) is 0 Å². The first-order valence-corrected chi connectivity index (χ1v) is 10.7. The van der Waals surface area contributed by atoms with E-state index in [2.05, 4.69) is 10.0 Å². The molecule has 0 aliphatic heterocycles. The van der Waals surface area contributed by atoms with Crippen LogP contribution in [0.1, 0.15) is 32.8 Å². The molecule has 2 rings (SSSR count). The standard InChI is InChI=1S/C20H27N3O4S/c1-5-23-13-16(8-11-19(23)24)21-20(25)18(12-14(2)3)22-28(26,27)17-9-6-15(4)7-10-17/h6-11,13-14,18,22H,5,12H2,1-4H3,(H,21,25). The third-order valence-electron chi connectivity index (χ3n) is 4.24. The SMILES string of the molecule is CCn1cc(NC(=O)C(CC(C)C)NS(=O)(=O)c2ccc(C)cc2)ccc1=O. The van der Waals surface area contributed by atoms with Crippen molar-refractivity contribution in [2.75, 3.05) is 5.32 Å². The van der Waals surface area contributed by atoms with Crippen LogP contribution in [0.25, 0.3) is 0 Å². The van der Waals surface area contributed by atoms with Crippen LogP contribution < -0.4 is 15.6 Å². The highest BCUT2D eigenvalue weighted by Gasteiger charge is 2.26. The number of hydrogen-bond acceptors (Lipinski definition) is 4. The number of benzene rings is 1. The molecule has 0 bridgehead atoms. The van der Waals surface area contributed by atoms with Crippen molar-refractivity contribution in [1.82, 2.24) is 9.29 Å². The fraction of sp³-hybridized carbons (Fsp3) is 0.400. The van der Waals surface area contributed by atoms with Crippen LogP contribution >= 0.6 is 0 Å². The van der Waals surface area contributed by atoms with Crippen molar-refractivity contribution in [1.29, 1.82) is 0 Å². The maximum atomic E-state index is 12.8. The van der Waals surface area contributed by atoms with Crippen molar-refractivity contribution in [3.8, 4) is 0 Å². The minimum Gasteiger partial charge on any atom is -0.323 e. The van der Waals surface area contributed by atoms with Gasteiger partial charge in [0.05, 0.1) is 10.6 Å². The highest BCUT2D eigenvalue weighted by molar-refractivity contribution is 7.89. The van der Waals surface area contributed by atoms with Crippen molar-refractivity contribution < 1.29 is 13.2 Å². The van der Waals surface area contributed by atoms with Gasteiger partial charge in [-0.3, -0.25) is 9.59 Å². The molecule has 1 unspecified atom stereocenters. The molecule has 152 valence electrons. The lowest BCUT2D eigenvalue weighted by molar-refractivity contribution is -0.118. The number of pyridine rings is 1. The number of nitrogens with zero attached hydrogens (tertiary/aromatic N) is 1. The second-order valence-electron chi connectivity index (χ2n) is 7.15. The lowest BCUT2D eigenvalue weighted by Gasteiger charge is -2.20. The minimum atomic E-state index is -3.84. The zero-order valence-corrected chi connectivity index (χ0v) is 17.4. The van der Waals surface area contributed by atoms with E-state index >= 15 is 0 Å². The van der Waals surface area contributed by atoms with Gasteiger partial charge in [0.2, 0.25) is 15.9 Å². The lowest BCUT2D eigenvalue weighted by atomic mass is 10.0. The summed E-state index contributed by atoms with van der Waals surface area (Å²) in [6.45, 7) is 7.99. The molecule has 0 saturated heterocycles. The van der Waals surface area contributed by atoms with E-state index in [0.717, 1.165) is 5.56 Å². The third-order valence-corrected chi connectivity index (χ3v) is 5.73. The van der Waals surface area contributed by atoms with Gasteiger partial charge < -0.3 is 9.88 Å². The van der Waals surface area contributed by atoms with E-state index in [1.165, 1.54) is 28.8 Å². The van der Waals surface area contributed by atoms with Crippen molar-refractivity contribution >= 4 is 21.6 Å². The van der Waals surface area contributed by atoms with Crippen LogP contribution in [0.4, 0.5) is 5.69 Å². The molecule has 0 spiro atoms. The third kappa shape index (κ3) is 5.77. The fourth-order valence-electron chi connectivity index (χ4n) is 2.73. The summed E-state index contributed by atoms with van der Waals surface area (Å²) in [7, 11) is -3.84. The number of carbonyl (C=O) groups is 1. The molecule has 0 radical (unpaired) electrons. The van der Waals surface area contributed by atoms with Gasteiger partial charge in [-0.05, 0) is 44.4 Å². The largest absolute Gasteiger partial charge is 0.323 e. The molecule has 1 atom stereocenters. The van der Waals surface area contributed by atoms with Gasteiger partial charge in [-0.1, -0.05) is 31.5 Å². The van der Waals surface area contributed by atoms with Crippen LogP contribution in [0.5, 0.6) is 0 Å². The Balaban J connectivity index is 2.23. The number of anilines is 1. The van der Waals surface area contributed by atoms with E-state index in [4.69, 9.17) is 0 Å². The minimum absolute atomic E-state index is 0.0982. The van der Waals surface area contributed by atoms with Gasteiger partial charge in [-0.15, -0.1) is 0 Å². The Hall–Kier alpha value is -2.45. The smallest absolute Gasteiger partial charge is 0.250 e. The number of aryl methyl sites for hydroxylation is 2. The highest BCUT2D eigenvalue weighted by atomic mass is 32.2. The second-order valence-corrected chi connectivity index (χ2v) is 8.86. The molecule has 0 fully saturated rings. The van der Waals surface area contributed by atoms with Crippen LogP contribution in [0.3, 0.4) is 0 Å². The predicted molar refractivity (Wildman–Crippen MR) is 110 cm³/mol. The molecule has 1 aromatic carbocycles. The summed E-state index contributed by atoms with van der Waals surface area (Å²) in [4.78, 5) is 24.6. The number of nitrogens with one attached hydrogen (secondary N) is 2. The number of amides is 1. The quantitative estimate of drug-likeness (QED) is 0.705. The predicted octanol–water partition coefficient (Wildman–Crippen LogP) is 2.51. The Morgan fingerprint density at radius 2 is 1.75 bits per heavy atom. The molecule has 0 aliphatic carbocycles. The molecule has 1 aromatic heterocycles. The Labute approximate surface area is 165 Å². The summed E-state index contributed by atoms with van der Waals surface area (Å²) >= 11 is 0. The Bertz CT molecular complexity index is 979. The van der Waals surface area contributed by atoms with E-state index in [1.807, 2.05) is 27.7 Å². The van der Waals surface area contributed by atoms with Crippen molar-refractivity contribution in [2.45, 2.75) is 51.6 Å². The number of rotatable bonds is 8. The molecule has 7 nitrogen and oxygen atoms in total. The van der Waals surface area contributed by atoms with E-state index in [1.54, 1.807) is 18.3 Å². The van der Waals surface area contributed by atoms with Gasteiger partial charge in [-0.2, -0.15) is 4.72 Å². The van der Waals surface area contributed by atoms with Gasteiger partial charge in [0.1, 0.15) is 6.04 Å². The Morgan fingerprint density at radius 3 is 2.32 bits per heavy atom. The van der Waals surface area contributed by atoms with Gasteiger partial charge in [0, 0.05) is 18.8 Å². The molecule has 0 aliphatic rings. The van der Waals surface area contributed by atoms with Gasteiger partial charge in [0.25, 0.3) is 5.56 Å². The first-order chi connectivity index (χ1) is 13.1. The number of aromatic nitrogens is 1. The summed E-state index contributed by atoms with van der Waals surface area (Å²) in [5.74, 6) is -0.369. The molecule has 8 heteroatoms. The number of carbonyl (C=O) groups excluding carboxylic acids is 1. The summed E-state index contributed by atoms with van der Waals surface area (Å²) in [5.41, 5.74) is 1.22. The molecule has 2 aromatic rings. The monoisotopic (exact) mass is 405 g/mol. The maximum absolute atomic E-state index is 12.8. The van der Waals surface area contributed by atoms with Crippen molar-refractivity contribution in [3.05, 3.63) is 58.5 Å². The van der Waals surface area contributed by atoms with Crippen molar-refractivity contribution in [2.24, 2.45) is 5.92 Å². The van der Waals surface area contributed by atoms with E-state index in [9.17, 15) is 18.0 Å². The Kier molecular flexibility index (Phi) is 7.15. The van der Waals surface area contributed by atoms with Crippen LogP contribution in [-0.2, 0) is 21.4 Å². The molecule has 0 saturated carbocycles. The van der Waals surface area contributed by atoms with Gasteiger partial charge in [-0.25, -0.2) is 8.42 Å². The molecular formula is C20H27N3O4S. The molecule has 1 heterocycles. The summed E-state index contributed by atoms with van der Waals surface area (Å²) in [6.07, 6.45) is 1.88. The van der Waals surface area contributed by atoms with E-state index in [-0.39, 0.29) is 16.4 Å². The zero-order chi connectivity index (χ0) is 20.9. The van der Waals surface area contributed by atoms with E-state index < -0.39 is 22.0 Å². The maximum Gasteiger partial charge on any atom is 0.250 e. The second kappa shape index (κ2) is 9.16. The van der Waals surface area contributed by atoms with Crippen molar-refractivity contribution in [3.63, 3.8) is 0 Å². The highest BCUT2D eigenvalue weighted by Crippen LogP contribution is 2.15. The molecule has 28 heavy (non-hydrogen) atoms. The Morgan fingerprint density at radius 1 is 1.11 bits per heavy atom. The molecular weight excluding hydrogens is 378 g/mol. The normalized spacial score (nSPS) is 12.8. The molecule has 2 N–H and O–H groups in total. The lowest BCUT2D eigenvalue weighted by Crippen LogP contribution is -2.44. The van der Waals surface area contributed by atoms with Gasteiger partial charge >= 0.3 is 0 Å². The summed E-state index contributed by atoms with van der Waals surface area (Å²) < 4.78 is 29.4. The topological polar surface area (TPSA) is 97.3 Å². The first kappa shape index (κ1) is 21.8. The average molecular weight is 406 g/mol. The summed E-state index contributed by atoms with van der Waals surface area (Å²) in [6, 6.07) is 8.38. The number of sulfonamides is 1. The van der Waals surface area contributed by atoms with E-state index in [0.29, 0.717) is 18.7 Å². The zero-order valence-electron chi connectivity index (χ0n) is 16.6. The van der Waals surface area contributed by atoms with Crippen LogP contribution in [-0.4, -0.2) is 24.9 Å². The number of hydrogen-bond donors (Lipinski definition) is 2. The first-order valence-electron chi connectivity index (χ1n) is 9.22. The summed E-state index contributed by atoms with van der Waals surface area (Å²) in [5, 5.41) is 2.71.